The predicted octanol–water partition coefficient (Wildman–Crippen LogP) is 2.55. The Morgan fingerprint density at radius 1 is 1.47 bits per heavy atom. The predicted molar refractivity (Wildman–Crippen MR) is 63.2 cm³/mol. The van der Waals surface area contributed by atoms with Crippen molar-refractivity contribution in [3.05, 3.63) is 0 Å². The molecule has 0 aromatic rings. The first-order valence-electron chi connectivity index (χ1n) is 6.25. The molecule has 1 atom stereocenters. The van der Waals surface area contributed by atoms with Crippen molar-refractivity contribution in [2.75, 3.05) is 13.1 Å². The molecule has 1 unspecified atom stereocenters. The number of amides is 1. The molecule has 4 heteroatoms. The molecule has 1 aliphatic heterocycles. The molecule has 2 rings (SSSR count). The Hall–Kier alpha value is -1.24. The summed E-state index contributed by atoms with van der Waals surface area (Å²) in [5, 5.41) is 9.33. The Kier molecular flexibility index (Phi) is 2.81. The quantitative estimate of drug-likeness (QED) is 0.703. The van der Waals surface area contributed by atoms with Crippen LogP contribution in [0.15, 0.2) is 0 Å². The van der Waals surface area contributed by atoms with E-state index in [4.69, 9.17) is 4.74 Å². The number of nitriles is 1. The SMILES string of the molecule is CC(C)(C)OC(=O)N1CCC(C#N)(C2CC2)C1. The highest BCUT2D eigenvalue weighted by Gasteiger charge is 2.51. The Balaban J connectivity index is 1.98. The molecule has 0 spiro atoms. The minimum Gasteiger partial charge on any atom is -0.444 e. The number of nitrogens with zero attached hydrogens (tertiary/aromatic N) is 2. The zero-order chi connectivity index (χ0) is 12.7. The van der Waals surface area contributed by atoms with Crippen LogP contribution in [0.5, 0.6) is 0 Å². The largest absolute Gasteiger partial charge is 0.444 e. The van der Waals surface area contributed by atoms with Crippen LogP contribution in [-0.4, -0.2) is 29.7 Å². The minimum atomic E-state index is -0.464. The van der Waals surface area contributed by atoms with Gasteiger partial charge in [0.2, 0.25) is 0 Å². The molecule has 1 saturated carbocycles. The number of carbonyl (C=O) groups excluding carboxylic acids is 1. The van der Waals surface area contributed by atoms with Crippen LogP contribution in [0.1, 0.15) is 40.0 Å². The lowest BCUT2D eigenvalue weighted by atomic mass is 9.83. The van der Waals surface area contributed by atoms with Gasteiger partial charge in [-0.3, -0.25) is 0 Å². The smallest absolute Gasteiger partial charge is 0.410 e. The first-order valence-corrected chi connectivity index (χ1v) is 6.25. The van der Waals surface area contributed by atoms with Gasteiger partial charge in [0, 0.05) is 13.1 Å². The van der Waals surface area contributed by atoms with Gasteiger partial charge in [0.25, 0.3) is 0 Å². The zero-order valence-corrected chi connectivity index (χ0v) is 10.8. The average Bonchev–Trinajstić information content (AvgIpc) is 2.97. The van der Waals surface area contributed by atoms with Crippen LogP contribution in [0.4, 0.5) is 4.79 Å². The molecule has 4 nitrogen and oxygen atoms in total. The lowest BCUT2D eigenvalue weighted by Crippen LogP contribution is -2.37. The fourth-order valence-corrected chi connectivity index (χ4v) is 2.47. The lowest BCUT2D eigenvalue weighted by molar-refractivity contribution is 0.0278. The minimum absolute atomic E-state index is 0.282. The summed E-state index contributed by atoms with van der Waals surface area (Å²) in [5.41, 5.74) is -0.758. The summed E-state index contributed by atoms with van der Waals surface area (Å²) in [7, 11) is 0. The molecular formula is C13H20N2O2. The van der Waals surface area contributed by atoms with E-state index >= 15 is 0 Å². The van der Waals surface area contributed by atoms with Crippen molar-refractivity contribution in [3.8, 4) is 6.07 Å². The molecule has 0 N–H and O–H groups in total. The van der Waals surface area contributed by atoms with E-state index in [1.807, 2.05) is 20.8 Å². The maximum atomic E-state index is 11.9. The Morgan fingerprint density at radius 2 is 2.12 bits per heavy atom. The normalized spacial score (nSPS) is 28.9. The van der Waals surface area contributed by atoms with Crippen molar-refractivity contribution in [1.29, 1.82) is 5.26 Å². The number of hydrogen-bond acceptors (Lipinski definition) is 3. The molecule has 0 radical (unpaired) electrons. The molecule has 1 heterocycles. The van der Waals surface area contributed by atoms with Crippen LogP contribution >= 0.6 is 0 Å². The van der Waals surface area contributed by atoms with Gasteiger partial charge in [-0.2, -0.15) is 5.26 Å². The summed E-state index contributed by atoms with van der Waals surface area (Å²) >= 11 is 0. The number of carbonyl (C=O) groups is 1. The number of hydrogen-bond donors (Lipinski definition) is 0. The Bertz CT molecular complexity index is 363. The monoisotopic (exact) mass is 236 g/mol. The maximum Gasteiger partial charge on any atom is 0.410 e. The fraction of sp³-hybridized carbons (Fsp3) is 0.846. The number of likely N-dealkylation sites (tertiary alicyclic amines) is 1. The van der Waals surface area contributed by atoms with Crippen LogP contribution in [0, 0.1) is 22.7 Å². The van der Waals surface area contributed by atoms with Crippen LogP contribution in [-0.2, 0) is 4.74 Å². The molecule has 0 aromatic carbocycles. The molecule has 0 bridgehead atoms. The highest BCUT2D eigenvalue weighted by atomic mass is 16.6. The second kappa shape index (κ2) is 3.90. The van der Waals surface area contributed by atoms with Gasteiger partial charge in [0.05, 0.1) is 11.5 Å². The van der Waals surface area contributed by atoms with Gasteiger partial charge in [-0.25, -0.2) is 4.79 Å². The van der Waals surface area contributed by atoms with Gasteiger partial charge in [-0.1, -0.05) is 0 Å². The molecule has 17 heavy (non-hydrogen) atoms. The van der Waals surface area contributed by atoms with Crippen molar-refractivity contribution in [2.24, 2.45) is 11.3 Å². The average molecular weight is 236 g/mol. The van der Waals surface area contributed by atoms with Crippen LogP contribution in [0.2, 0.25) is 0 Å². The van der Waals surface area contributed by atoms with Gasteiger partial charge < -0.3 is 9.64 Å². The van der Waals surface area contributed by atoms with Gasteiger partial charge in [0.1, 0.15) is 5.60 Å². The van der Waals surface area contributed by atoms with Crippen molar-refractivity contribution in [2.45, 2.75) is 45.6 Å². The lowest BCUT2D eigenvalue weighted by Gasteiger charge is -2.25. The third-order valence-corrected chi connectivity index (χ3v) is 3.53. The molecule has 0 aromatic heterocycles. The molecule has 2 fully saturated rings. The summed E-state index contributed by atoms with van der Waals surface area (Å²) in [6.07, 6.45) is 2.79. The highest BCUT2D eigenvalue weighted by Crippen LogP contribution is 2.50. The van der Waals surface area contributed by atoms with E-state index in [1.165, 1.54) is 0 Å². The third-order valence-electron chi connectivity index (χ3n) is 3.53. The molecule has 1 amide bonds. The van der Waals surface area contributed by atoms with Crippen molar-refractivity contribution in [1.82, 2.24) is 4.90 Å². The summed E-state index contributed by atoms with van der Waals surface area (Å²) in [6.45, 7) is 6.78. The highest BCUT2D eigenvalue weighted by molar-refractivity contribution is 5.68. The molecule has 2 aliphatic rings. The second-order valence-corrected chi connectivity index (χ2v) is 6.19. The van der Waals surface area contributed by atoms with E-state index in [1.54, 1.807) is 4.90 Å². The van der Waals surface area contributed by atoms with Gasteiger partial charge in [0.15, 0.2) is 0 Å². The van der Waals surface area contributed by atoms with E-state index in [0.29, 0.717) is 19.0 Å². The number of ether oxygens (including phenoxy) is 1. The molecule has 1 aliphatic carbocycles. The van der Waals surface area contributed by atoms with Crippen LogP contribution in [0.25, 0.3) is 0 Å². The standard InChI is InChI=1S/C13H20N2O2/c1-12(2,3)17-11(16)15-7-6-13(8-14,9-15)10-4-5-10/h10H,4-7,9H2,1-3H3. The topological polar surface area (TPSA) is 53.3 Å². The van der Waals surface area contributed by atoms with E-state index < -0.39 is 5.60 Å². The van der Waals surface area contributed by atoms with E-state index in [9.17, 15) is 10.1 Å². The van der Waals surface area contributed by atoms with Gasteiger partial charge in [-0.15, -0.1) is 0 Å². The second-order valence-electron chi connectivity index (χ2n) is 6.19. The first kappa shape index (κ1) is 12.2. The summed E-state index contributed by atoms with van der Waals surface area (Å²) < 4.78 is 5.34. The van der Waals surface area contributed by atoms with Gasteiger partial charge in [-0.05, 0) is 46.0 Å². The van der Waals surface area contributed by atoms with Crippen molar-refractivity contribution >= 4 is 6.09 Å². The van der Waals surface area contributed by atoms with E-state index in [2.05, 4.69) is 6.07 Å². The van der Waals surface area contributed by atoms with Crippen molar-refractivity contribution < 1.29 is 9.53 Å². The summed E-state index contributed by atoms with van der Waals surface area (Å²) in [4.78, 5) is 13.6. The Morgan fingerprint density at radius 3 is 2.59 bits per heavy atom. The molecule has 1 saturated heterocycles. The van der Waals surface area contributed by atoms with Crippen molar-refractivity contribution in [3.63, 3.8) is 0 Å². The first-order chi connectivity index (χ1) is 7.86. The van der Waals surface area contributed by atoms with Crippen LogP contribution in [0.3, 0.4) is 0 Å². The molecule has 94 valence electrons. The maximum absolute atomic E-state index is 11.9. The zero-order valence-electron chi connectivity index (χ0n) is 10.8. The molecular weight excluding hydrogens is 216 g/mol. The summed E-state index contributed by atoms with van der Waals surface area (Å²) in [6, 6.07) is 2.44. The van der Waals surface area contributed by atoms with E-state index in [0.717, 1.165) is 19.3 Å². The third kappa shape index (κ3) is 2.54. The fourth-order valence-electron chi connectivity index (χ4n) is 2.47. The Labute approximate surface area is 103 Å². The summed E-state index contributed by atoms with van der Waals surface area (Å²) in [5.74, 6) is 0.500. The van der Waals surface area contributed by atoms with Gasteiger partial charge >= 0.3 is 6.09 Å². The van der Waals surface area contributed by atoms with E-state index in [-0.39, 0.29) is 11.5 Å². The number of rotatable bonds is 1. The van der Waals surface area contributed by atoms with Crippen LogP contribution < -0.4 is 0 Å².